The summed E-state index contributed by atoms with van der Waals surface area (Å²) in [5.74, 6) is -1.37. The molecule has 3 rings (SSSR count). The van der Waals surface area contributed by atoms with Gasteiger partial charge in [-0.25, -0.2) is 4.39 Å². The van der Waals surface area contributed by atoms with Gasteiger partial charge in [0.25, 0.3) is 5.91 Å². The highest BCUT2D eigenvalue weighted by Crippen LogP contribution is 2.20. The highest BCUT2D eigenvalue weighted by Gasteiger charge is 2.15. The molecule has 0 N–H and O–H groups in total. The van der Waals surface area contributed by atoms with Crippen LogP contribution in [0.3, 0.4) is 0 Å². The van der Waals surface area contributed by atoms with Gasteiger partial charge in [0.2, 0.25) is 0 Å². The van der Waals surface area contributed by atoms with E-state index in [1.54, 1.807) is 12.1 Å². The third-order valence-corrected chi connectivity index (χ3v) is 5.28. The van der Waals surface area contributed by atoms with E-state index in [-0.39, 0.29) is 29.2 Å². The van der Waals surface area contributed by atoms with E-state index in [9.17, 15) is 14.0 Å². The first-order valence-corrected chi connectivity index (χ1v) is 9.19. The molecule has 2 aromatic carbocycles. The van der Waals surface area contributed by atoms with E-state index in [0.717, 1.165) is 28.0 Å². The topological polar surface area (TPSA) is 60.7 Å². The molecule has 0 saturated carbocycles. The van der Waals surface area contributed by atoms with E-state index in [2.05, 4.69) is 4.99 Å². The van der Waals surface area contributed by atoms with E-state index in [4.69, 9.17) is 4.74 Å². The quantitative estimate of drug-likeness (QED) is 0.647. The van der Waals surface area contributed by atoms with Crippen LogP contribution in [0.5, 0.6) is 0 Å². The Morgan fingerprint density at radius 1 is 1.22 bits per heavy atom. The van der Waals surface area contributed by atoms with Crippen LogP contribution < -0.4 is 4.80 Å². The highest BCUT2D eigenvalue weighted by atomic mass is 32.1. The summed E-state index contributed by atoms with van der Waals surface area (Å²) in [5.41, 5.74) is 3.21. The number of fused-ring (bicyclic) bond motifs is 1. The van der Waals surface area contributed by atoms with Crippen LogP contribution in [0.2, 0.25) is 0 Å². The van der Waals surface area contributed by atoms with Crippen LogP contribution in [0.1, 0.15) is 16.7 Å². The van der Waals surface area contributed by atoms with Crippen molar-refractivity contribution in [2.75, 3.05) is 7.11 Å². The summed E-state index contributed by atoms with van der Waals surface area (Å²) in [5, 5.41) is 0. The minimum Gasteiger partial charge on any atom is -0.468 e. The number of para-hydroxylation sites is 1. The third-order valence-electron chi connectivity index (χ3n) is 4.23. The fourth-order valence-electron chi connectivity index (χ4n) is 2.81. The second kappa shape index (κ2) is 7.84. The number of methoxy groups -OCH3 is 1. The molecule has 0 unspecified atom stereocenters. The van der Waals surface area contributed by atoms with Crippen molar-refractivity contribution in [2.24, 2.45) is 4.99 Å². The highest BCUT2D eigenvalue weighted by molar-refractivity contribution is 7.16. The fraction of sp³-hybridized carbons (Fsp3) is 0.250. The number of carbonyl (C=O) groups is 2. The molecular weight excluding hydrogens is 367 g/mol. The SMILES string of the molecule is COC(=O)Cn1c(=NC(=O)Cc2cc(C)ccc2C)sc2cccc(F)c21. The molecule has 5 nitrogen and oxygen atoms in total. The summed E-state index contributed by atoms with van der Waals surface area (Å²) in [4.78, 5) is 28.7. The largest absolute Gasteiger partial charge is 0.468 e. The van der Waals surface area contributed by atoms with Gasteiger partial charge >= 0.3 is 5.97 Å². The number of hydrogen-bond acceptors (Lipinski definition) is 4. The summed E-state index contributed by atoms with van der Waals surface area (Å²) in [6.45, 7) is 3.69. The summed E-state index contributed by atoms with van der Waals surface area (Å²) in [6.07, 6.45) is 0.141. The number of aromatic nitrogens is 1. The average Bonchev–Trinajstić information content (AvgIpc) is 2.96. The maximum absolute atomic E-state index is 14.3. The molecular formula is C20H19FN2O3S. The van der Waals surface area contributed by atoms with E-state index < -0.39 is 11.8 Å². The van der Waals surface area contributed by atoms with Crippen LogP contribution in [-0.2, 0) is 27.3 Å². The zero-order valence-electron chi connectivity index (χ0n) is 15.3. The zero-order chi connectivity index (χ0) is 19.6. The Morgan fingerprint density at radius 3 is 2.74 bits per heavy atom. The third kappa shape index (κ3) is 4.14. The summed E-state index contributed by atoms with van der Waals surface area (Å²) in [6, 6.07) is 10.5. The second-order valence-corrected chi connectivity index (χ2v) is 7.25. The number of esters is 1. The molecule has 3 aromatic rings. The Hall–Kier alpha value is -2.80. The number of hydrogen-bond donors (Lipinski definition) is 0. The van der Waals surface area contributed by atoms with E-state index in [0.29, 0.717) is 4.70 Å². The number of halogens is 1. The molecule has 0 atom stereocenters. The van der Waals surface area contributed by atoms with Gasteiger partial charge in [0.05, 0.1) is 23.7 Å². The Morgan fingerprint density at radius 2 is 2.00 bits per heavy atom. The number of aryl methyl sites for hydroxylation is 2. The van der Waals surface area contributed by atoms with Crippen LogP contribution in [0.25, 0.3) is 10.2 Å². The van der Waals surface area contributed by atoms with Gasteiger partial charge in [-0.15, -0.1) is 0 Å². The molecule has 0 radical (unpaired) electrons. The Balaban J connectivity index is 2.05. The Kier molecular flexibility index (Phi) is 5.51. The average molecular weight is 386 g/mol. The summed E-state index contributed by atoms with van der Waals surface area (Å²) in [7, 11) is 1.26. The van der Waals surface area contributed by atoms with Crippen LogP contribution in [0.15, 0.2) is 41.4 Å². The van der Waals surface area contributed by atoms with E-state index in [1.807, 2.05) is 32.0 Å². The van der Waals surface area contributed by atoms with Crippen LogP contribution >= 0.6 is 11.3 Å². The first kappa shape index (κ1) is 19.0. The number of nitrogens with zero attached hydrogens (tertiary/aromatic N) is 2. The smallest absolute Gasteiger partial charge is 0.325 e. The molecule has 0 aliphatic carbocycles. The number of rotatable bonds is 4. The lowest BCUT2D eigenvalue weighted by Crippen LogP contribution is -2.23. The molecule has 0 aliphatic rings. The Bertz CT molecular complexity index is 1100. The predicted octanol–water partition coefficient (Wildman–Crippen LogP) is 3.30. The lowest BCUT2D eigenvalue weighted by molar-refractivity contribution is -0.141. The van der Waals surface area contributed by atoms with Crippen molar-refractivity contribution in [3.8, 4) is 0 Å². The van der Waals surface area contributed by atoms with Crippen molar-refractivity contribution in [2.45, 2.75) is 26.8 Å². The van der Waals surface area contributed by atoms with Gasteiger partial charge in [0.1, 0.15) is 12.4 Å². The molecule has 1 aromatic heterocycles. The van der Waals surface area contributed by atoms with Crippen LogP contribution in [-0.4, -0.2) is 23.6 Å². The van der Waals surface area contributed by atoms with Gasteiger partial charge in [-0.2, -0.15) is 4.99 Å². The minimum absolute atomic E-state index is 0.141. The molecule has 0 aliphatic heterocycles. The molecule has 140 valence electrons. The van der Waals surface area contributed by atoms with Crippen molar-refractivity contribution in [3.63, 3.8) is 0 Å². The van der Waals surface area contributed by atoms with Crippen LogP contribution in [0.4, 0.5) is 4.39 Å². The zero-order valence-corrected chi connectivity index (χ0v) is 16.1. The van der Waals surface area contributed by atoms with E-state index in [1.165, 1.54) is 17.7 Å². The maximum atomic E-state index is 14.3. The van der Waals surface area contributed by atoms with Gasteiger partial charge in [0.15, 0.2) is 4.80 Å². The predicted molar refractivity (Wildman–Crippen MR) is 102 cm³/mol. The minimum atomic E-state index is -0.540. The van der Waals surface area contributed by atoms with Crippen molar-refractivity contribution >= 4 is 33.4 Å². The van der Waals surface area contributed by atoms with Crippen molar-refractivity contribution in [1.29, 1.82) is 0 Å². The Labute approximate surface area is 159 Å². The lowest BCUT2D eigenvalue weighted by atomic mass is 10.0. The normalized spacial score (nSPS) is 11.8. The molecule has 1 heterocycles. The van der Waals surface area contributed by atoms with Gasteiger partial charge < -0.3 is 9.30 Å². The molecule has 7 heteroatoms. The van der Waals surface area contributed by atoms with Crippen LogP contribution in [0, 0.1) is 19.7 Å². The second-order valence-electron chi connectivity index (χ2n) is 6.25. The molecule has 0 spiro atoms. The maximum Gasteiger partial charge on any atom is 0.325 e. The van der Waals surface area contributed by atoms with E-state index >= 15 is 0 Å². The van der Waals surface area contributed by atoms with Crippen molar-refractivity contribution in [3.05, 3.63) is 63.7 Å². The fourth-order valence-corrected chi connectivity index (χ4v) is 3.87. The van der Waals surface area contributed by atoms with Gasteiger partial charge in [-0.05, 0) is 37.1 Å². The summed E-state index contributed by atoms with van der Waals surface area (Å²) >= 11 is 1.16. The van der Waals surface area contributed by atoms with Crippen molar-refractivity contribution < 1.29 is 18.7 Å². The summed E-state index contributed by atoms with van der Waals surface area (Å²) < 4.78 is 21.0. The molecule has 1 amide bonds. The molecule has 0 bridgehead atoms. The first-order chi connectivity index (χ1) is 12.9. The van der Waals surface area contributed by atoms with Gasteiger partial charge in [-0.3, -0.25) is 9.59 Å². The van der Waals surface area contributed by atoms with Crippen molar-refractivity contribution in [1.82, 2.24) is 4.57 Å². The molecule has 27 heavy (non-hydrogen) atoms. The monoisotopic (exact) mass is 386 g/mol. The number of benzene rings is 2. The molecule has 0 fully saturated rings. The van der Waals surface area contributed by atoms with Gasteiger partial charge in [-0.1, -0.05) is 41.2 Å². The van der Waals surface area contributed by atoms with Gasteiger partial charge in [0, 0.05) is 0 Å². The number of amides is 1. The lowest BCUT2D eigenvalue weighted by Gasteiger charge is -2.05. The standard InChI is InChI=1S/C20H19FN2O3S/c1-12-7-8-13(2)14(9-12)10-17(24)22-20-23(11-18(25)26-3)19-15(21)5-4-6-16(19)27-20/h4-9H,10-11H2,1-3H3. The first-order valence-electron chi connectivity index (χ1n) is 8.37. The molecule has 0 saturated heterocycles. The number of thiazole rings is 1. The number of ether oxygens (including phenoxy) is 1. The number of carbonyl (C=O) groups excluding carboxylic acids is 2.